The van der Waals surface area contributed by atoms with Gasteiger partial charge in [0.15, 0.2) is 0 Å². The van der Waals surface area contributed by atoms with Gasteiger partial charge in [-0.2, -0.15) is 4.31 Å². The molecule has 1 aromatic carbocycles. The molecule has 1 heterocycles. The Morgan fingerprint density at radius 1 is 1.04 bits per heavy atom. The van der Waals surface area contributed by atoms with E-state index in [2.05, 4.69) is 12.2 Å². The Kier molecular flexibility index (Phi) is 9.24. The summed E-state index contributed by atoms with van der Waals surface area (Å²) < 4.78 is 32.5. The number of carbonyl (C=O) groups is 1. The van der Waals surface area contributed by atoms with Crippen molar-refractivity contribution < 1.29 is 17.9 Å². The first-order valence-corrected chi connectivity index (χ1v) is 11.5. The average Bonchev–Trinajstić information content (AvgIpc) is 2.97. The Labute approximate surface area is 163 Å². The summed E-state index contributed by atoms with van der Waals surface area (Å²) in [6.07, 6.45) is 6.89. The molecule has 1 amide bonds. The monoisotopic (exact) mass is 396 g/mol. The van der Waals surface area contributed by atoms with Crippen molar-refractivity contribution in [3.05, 3.63) is 29.8 Å². The van der Waals surface area contributed by atoms with Gasteiger partial charge in [0.2, 0.25) is 10.0 Å². The molecule has 0 atom stereocenters. The number of nitrogens with one attached hydrogen (secondary N) is 1. The molecule has 6 nitrogen and oxygen atoms in total. The van der Waals surface area contributed by atoms with E-state index in [4.69, 9.17) is 4.74 Å². The Bertz CT molecular complexity index is 666. The normalized spacial score (nSPS) is 16.0. The Morgan fingerprint density at radius 3 is 2.30 bits per heavy atom. The maximum absolute atomic E-state index is 12.8. The Balaban J connectivity index is 1.83. The number of benzene rings is 1. The molecule has 1 aromatic rings. The molecule has 152 valence electrons. The second-order valence-corrected chi connectivity index (χ2v) is 8.86. The van der Waals surface area contributed by atoms with Crippen LogP contribution in [-0.4, -0.2) is 51.5 Å². The quantitative estimate of drug-likeness (QED) is 0.616. The number of nitrogens with zero attached hydrogens (tertiary/aromatic N) is 1. The third kappa shape index (κ3) is 6.90. The number of carbonyl (C=O) groups excluding carboxylic acids is 1. The average molecular weight is 397 g/mol. The van der Waals surface area contributed by atoms with Crippen LogP contribution in [0.4, 0.5) is 0 Å². The molecule has 1 aliphatic heterocycles. The number of hydrogen-bond donors (Lipinski definition) is 1. The van der Waals surface area contributed by atoms with E-state index in [9.17, 15) is 13.2 Å². The zero-order chi connectivity index (χ0) is 19.5. The molecule has 7 heteroatoms. The molecule has 0 spiro atoms. The van der Waals surface area contributed by atoms with Gasteiger partial charge in [-0.15, -0.1) is 0 Å². The van der Waals surface area contributed by atoms with Crippen LogP contribution in [-0.2, 0) is 14.8 Å². The first-order valence-electron chi connectivity index (χ1n) is 10.0. The summed E-state index contributed by atoms with van der Waals surface area (Å²) in [5, 5.41) is 2.84. The third-order valence-corrected chi connectivity index (χ3v) is 6.63. The summed E-state index contributed by atoms with van der Waals surface area (Å²) in [6, 6.07) is 6.22. The van der Waals surface area contributed by atoms with Gasteiger partial charge in [0.1, 0.15) is 0 Å². The van der Waals surface area contributed by atoms with Crippen LogP contribution in [0.1, 0.15) is 62.2 Å². The summed E-state index contributed by atoms with van der Waals surface area (Å²) in [7, 11) is -3.47. The van der Waals surface area contributed by atoms with Crippen molar-refractivity contribution in [2.75, 3.05) is 32.8 Å². The molecule has 0 aliphatic carbocycles. The summed E-state index contributed by atoms with van der Waals surface area (Å²) in [4.78, 5) is 12.4. The molecular weight excluding hydrogens is 364 g/mol. The number of amides is 1. The van der Waals surface area contributed by atoms with Gasteiger partial charge < -0.3 is 10.1 Å². The van der Waals surface area contributed by atoms with Crippen LogP contribution in [0.25, 0.3) is 0 Å². The van der Waals surface area contributed by atoms with Crippen molar-refractivity contribution in [2.45, 2.75) is 56.8 Å². The van der Waals surface area contributed by atoms with Gasteiger partial charge in [-0.05, 0) is 49.9 Å². The van der Waals surface area contributed by atoms with Crippen LogP contribution in [0.15, 0.2) is 29.2 Å². The topological polar surface area (TPSA) is 75.7 Å². The van der Waals surface area contributed by atoms with Gasteiger partial charge in [-0.25, -0.2) is 8.42 Å². The van der Waals surface area contributed by atoms with E-state index in [1.807, 2.05) is 0 Å². The number of hydrogen-bond acceptors (Lipinski definition) is 4. The number of rotatable bonds is 10. The molecule has 0 bridgehead atoms. The first-order chi connectivity index (χ1) is 13.1. The van der Waals surface area contributed by atoms with Gasteiger partial charge >= 0.3 is 0 Å². The highest BCUT2D eigenvalue weighted by Crippen LogP contribution is 2.20. The van der Waals surface area contributed by atoms with E-state index in [0.29, 0.717) is 31.8 Å². The molecule has 2 rings (SSSR count). The minimum absolute atomic E-state index is 0.192. The molecular formula is C20H32N2O4S. The van der Waals surface area contributed by atoms with Gasteiger partial charge in [0, 0.05) is 38.4 Å². The number of unbranched alkanes of at least 4 members (excludes halogenated alkanes) is 1. The van der Waals surface area contributed by atoms with Crippen LogP contribution in [0.2, 0.25) is 0 Å². The molecule has 0 aromatic heterocycles. The van der Waals surface area contributed by atoms with Crippen LogP contribution in [0.5, 0.6) is 0 Å². The van der Waals surface area contributed by atoms with Gasteiger partial charge in [0.05, 0.1) is 4.90 Å². The van der Waals surface area contributed by atoms with E-state index in [1.165, 1.54) is 12.1 Å². The Morgan fingerprint density at radius 2 is 1.67 bits per heavy atom. The second kappa shape index (κ2) is 11.4. The van der Waals surface area contributed by atoms with Crippen LogP contribution in [0.3, 0.4) is 0 Å². The van der Waals surface area contributed by atoms with Gasteiger partial charge in [0.25, 0.3) is 5.91 Å². The van der Waals surface area contributed by atoms with Crippen molar-refractivity contribution in [3.8, 4) is 0 Å². The lowest BCUT2D eigenvalue weighted by atomic mass is 10.2. The largest absolute Gasteiger partial charge is 0.381 e. The highest BCUT2D eigenvalue weighted by atomic mass is 32.2. The van der Waals surface area contributed by atoms with Crippen molar-refractivity contribution in [2.24, 2.45) is 0 Å². The second-order valence-electron chi connectivity index (χ2n) is 6.92. The fraction of sp³-hybridized carbons (Fsp3) is 0.650. The zero-order valence-corrected chi connectivity index (χ0v) is 17.1. The fourth-order valence-electron chi connectivity index (χ4n) is 3.04. The molecule has 0 saturated carbocycles. The van der Waals surface area contributed by atoms with Gasteiger partial charge in [-0.3, -0.25) is 4.79 Å². The predicted octanol–water partition coefficient (Wildman–Crippen LogP) is 3.19. The van der Waals surface area contributed by atoms with E-state index in [-0.39, 0.29) is 10.8 Å². The lowest BCUT2D eigenvalue weighted by Crippen LogP contribution is -2.32. The summed E-state index contributed by atoms with van der Waals surface area (Å²) >= 11 is 0. The third-order valence-electron chi connectivity index (χ3n) is 4.71. The molecule has 0 radical (unpaired) electrons. The van der Waals surface area contributed by atoms with Crippen molar-refractivity contribution in [1.29, 1.82) is 0 Å². The highest BCUT2D eigenvalue weighted by Gasteiger charge is 2.25. The van der Waals surface area contributed by atoms with Crippen molar-refractivity contribution in [1.82, 2.24) is 9.62 Å². The van der Waals surface area contributed by atoms with Crippen LogP contribution >= 0.6 is 0 Å². The van der Waals surface area contributed by atoms with Crippen LogP contribution < -0.4 is 5.32 Å². The lowest BCUT2D eigenvalue weighted by molar-refractivity contribution is 0.0940. The van der Waals surface area contributed by atoms with E-state index in [0.717, 1.165) is 51.6 Å². The van der Waals surface area contributed by atoms with Crippen LogP contribution in [0, 0.1) is 0 Å². The summed E-state index contributed by atoms with van der Waals surface area (Å²) in [6.45, 7) is 5.20. The molecule has 27 heavy (non-hydrogen) atoms. The van der Waals surface area contributed by atoms with E-state index >= 15 is 0 Å². The molecule has 1 saturated heterocycles. The minimum Gasteiger partial charge on any atom is -0.381 e. The predicted molar refractivity (Wildman–Crippen MR) is 106 cm³/mol. The van der Waals surface area contributed by atoms with E-state index in [1.54, 1.807) is 16.4 Å². The molecule has 1 N–H and O–H groups in total. The first kappa shape index (κ1) is 21.9. The molecule has 1 aliphatic rings. The summed E-state index contributed by atoms with van der Waals surface area (Å²) in [5.74, 6) is -0.192. The molecule has 0 unspecified atom stereocenters. The Hall–Kier alpha value is -1.44. The maximum Gasteiger partial charge on any atom is 0.251 e. The zero-order valence-electron chi connectivity index (χ0n) is 16.3. The number of sulfonamides is 1. The van der Waals surface area contributed by atoms with Gasteiger partial charge in [-0.1, -0.05) is 26.2 Å². The smallest absolute Gasteiger partial charge is 0.251 e. The SMILES string of the molecule is CCCCOCCCNC(=O)c1ccc(S(=O)(=O)N2CCCCCC2)cc1. The summed E-state index contributed by atoms with van der Waals surface area (Å²) in [5.41, 5.74) is 0.469. The number of ether oxygens (including phenoxy) is 1. The fourth-order valence-corrected chi connectivity index (χ4v) is 4.55. The van der Waals surface area contributed by atoms with E-state index < -0.39 is 10.0 Å². The lowest BCUT2D eigenvalue weighted by Gasteiger charge is -2.20. The highest BCUT2D eigenvalue weighted by molar-refractivity contribution is 7.89. The maximum atomic E-state index is 12.8. The van der Waals surface area contributed by atoms with Crippen molar-refractivity contribution in [3.63, 3.8) is 0 Å². The molecule has 1 fully saturated rings. The van der Waals surface area contributed by atoms with Crippen molar-refractivity contribution >= 4 is 15.9 Å². The minimum atomic E-state index is -3.47. The standard InChI is InChI=1S/C20H32N2O4S/c1-2-3-16-26-17-8-13-21-20(23)18-9-11-19(12-10-18)27(24,25)22-14-6-4-5-7-15-22/h9-12H,2-8,13-17H2,1H3,(H,21,23).